The number of nitrogens with one attached hydrogen (secondary N) is 1. The molecule has 0 saturated heterocycles. The standard InChI is InChI=1S/C13H15N5O3/c1-3-14-11-6-9(2)15-12(16-11)8-17-7-10(18(20)21)4-5-13(17)19/h4-7H,3,8H2,1-2H3,(H,14,15,16). The zero-order valence-corrected chi connectivity index (χ0v) is 11.7. The van der Waals surface area contributed by atoms with Crippen molar-refractivity contribution in [2.24, 2.45) is 0 Å². The Labute approximate surface area is 120 Å². The van der Waals surface area contributed by atoms with Gasteiger partial charge in [0.1, 0.15) is 5.82 Å². The van der Waals surface area contributed by atoms with Gasteiger partial charge < -0.3 is 9.88 Å². The van der Waals surface area contributed by atoms with Gasteiger partial charge in [0.2, 0.25) is 0 Å². The van der Waals surface area contributed by atoms with Crippen molar-refractivity contribution >= 4 is 11.5 Å². The molecule has 1 N–H and O–H groups in total. The average molecular weight is 289 g/mol. The van der Waals surface area contributed by atoms with Gasteiger partial charge in [0.05, 0.1) is 17.7 Å². The number of aryl methyl sites for hydroxylation is 1. The van der Waals surface area contributed by atoms with E-state index in [4.69, 9.17) is 0 Å². The van der Waals surface area contributed by atoms with Gasteiger partial charge in [-0.25, -0.2) is 9.97 Å². The Balaban J connectivity index is 2.35. The maximum atomic E-state index is 11.8. The van der Waals surface area contributed by atoms with E-state index in [0.717, 1.165) is 5.69 Å². The van der Waals surface area contributed by atoms with Gasteiger partial charge in [-0.15, -0.1) is 0 Å². The van der Waals surface area contributed by atoms with Gasteiger partial charge in [-0.2, -0.15) is 0 Å². The molecule has 0 saturated carbocycles. The molecule has 0 amide bonds. The first-order chi connectivity index (χ1) is 9.99. The van der Waals surface area contributed by atoms with E-state index in [2.05, 4.69) is 15.3 Å². The molecule has 110 valence electrons. The van der Waals surface area contributed by atoms with Crippen LogP contribution in [-0.2, 0) is 6.54 Å². The second-order valence-electron chi connectivity index (χ2n) is 4.45. The molecule has 2 heterocycles. The van der Waals surface area contributed by atoms with Crippen molar-refractivity contribution < 1.29 is 4.92 Å². The molecule has 0 aliphatic rings. The normalized spacial score (nSPS) is 10.4. The lowest BCUT2D eigenvalue weighted by atomic mass is 10.3. The Morgan fingerprint density at radius 3 is 2.81 bits per heavy atom. The first-order valence-electron chi connectivity index (χ1n) is 6.43. The lowest BCUT2D eigenvalue weighted by molar-refractivity contribution is -0.385. The van der Waals surface area contributed by atoms with Crippen LogP contribution < -0.4 is 10.9 Å². The van der Waals surface area contributed by atoms with Crippen molar-refractivity contribution in [1.29, 1.82) is 0 Å². The number of anilines is 1. The van der Waals surface area contributed by atoms with Crippen molar-refractivity contribution in [2.45, 2.75) is 20.4 Å². The summed E-state index contributed by atoms with van der Waals surface area (Å²) in [6.07, 6.45) is 1.20. The number of pyridine rings is 1. The third-order valence-electron chi connectivity index (χ3n) is 2.75. The van der Waals surface area contributed by atoms with E-state index >= 15 is 0 Å². The van der Waals surface area contributed by atoms with Gasteiger partial charge in [0, 0.05) is 30.4 Å². The fraction of sp³-hybridized carbons (Fsp3) is 0.308. The molecule has 2 rings (SSSR count). The summed E-state index contributed by atoms with van der Waals surface area (Å²) in [5.74, 6) is 1.09. The van der Waals surface area contributed by atoms with Crippen LogP contribution in [-0.4, -0.2) is 26.0 Å². The minimum atomic E-state index is -0.545. The molecule has 2 aromatic rings. The van der Waals surface area contributed by atoms with Crippen LogP contribution in [0.2, 0.25) is 0 Å². The molecule has 0 unspecified atom stereocenters. The Morgan fingerprint density at radius 1 is 1.38 bits per heavy atom. The summed E-state index contributed by atoms with van der Waals surface area (Å²) in [6.45, 7) is 4.57. The molecule has 0 bridgehead atoms. The second kappa shape index (κ2) is 6.12. The molecule has 2 aromatic heterocycles. The largest absolute Gasteiger partial charge is 0.370 e. The first kappa shape index (κ1) is 14.6. The van der Waals surface area contributed by atoms with Gasteiger partial charge in [-0.05, 0) is 13.8 Å². The third kappa shape index (κ3) is 3.62. The maximum Gasteiger partial charge on any atom is 0.285 e. The predicted octanol–water partition coefficient (Wildman–Crippen LogP) is 1.34. The predicted molar refractivity (Wildman–Crippen MR) is 77.4 cm³/mol. The molecule has 0 aromatic carbocycles. The number of hydrogen-bond acceptors (Lipinski definition) is 6. The smallest absolute Gasteiger partial charge is 0.285 e. The molecule has 21 heavy (non-hydrogen) atoms. The minimum Gasteiger partial charge on any atom is -0.370 e. The summed E-state index contributed by atoms with van der Waals surface area (Å²) in [5.41, 5.74) is 0.277. The Kier molecular flexibility index (Phi) is 4.27. The van der Waals surface area contributed by atoms with Gasteiger partial charge >= 0.3 is 0 Å². The monoisotopic (exact) mass is 289 g/mol. The van der Waals surface area contributed by atoms with Crippen LogP contribution in [0.1, 0.15) is 18.4 Å². The van der Waals surface area contributed by atoms with E-state index in [-0.39, 0.29) is 17.8 Å². The summed E-state index contributed by atoms with van der Waals surface area (Å²) in [5, 5.41) is 13.8. The molecular formula is C13H15N5O3. The van der Waals surface area contributed by atoms with Crippen molar-refractivity contribution in [1.82, 2.24) is 14.5 Å². The molecule has 8 heteroatoms. The number of rotatable bonds is 5. The van der Waals surface area contributed by atoms with Crippen molar-refractivity contribution in [3.63, 3.8) is 0 Å². The maximum absolute atomic E-state index is 11.8. The van der Waals surface area contributed by atoms with Crippen LogP contribution in [0.25, 0.3) is 0 Å². The van der Waals surface area contributed by atoms with E-state index in [1.807, 2.05) is 13.8 Å². The zero-order valence-electron chi connectivity index (χ0n) is 11.7. The van der Waals surface area contributed by atoms with Crippen molar-refractivity contribution in [2.75, 3.05) is 11.9 Å². The SMILES string of the molecule is CCNc1cc(C)nc(Cn2cc([N+](=O)[O-])ccc2=O)n1. The Morgan fingerprint density at radius 2 is 2.14 bits per heavy atom. The number of nitro groups is 1. The van der Waals surface area contributed by atoms with Crippen LogP contribution in [0, 0.1) is 17.0 Å². The van der Waals surface area contributed by atoms with Gasteiger partial charge in [-0.3, -0.25) is 14.9 Å². The lowest BCUT2D eigenvalue weighted by Gasteiger charge is -2.08. The lowest BCUT2D eigenvalue weighted by Crippen LogP contribution is -2.21. The second-order valence-corrected chi connectivity index (χ2v) is 4.45. The highest BCUT2D eigenvalue weighted by Crippen LogP contribution is 2.09. The van der Waals surface area contributed by atoms with Crippen LogP contribution in [0.4, 0.5) is 11.5 Å². The van der Waals surface area contributed by atoms with Crippen molar-refractivity contribution in [3.05, 3.63) is 56.4 Å². The van der Waals surface area contributed by atoms with Gasteiger partial charge in [0.15, 0.2) is 5.82 Å². The van der Waals surface area contributed by atoms with Crippen LogP contribution in [0.15, 0.2) is 29.2 Å². The highest BCUT2D eigenvalue weighted by Gasteiger charge is 2.10. The molecule has 0 aliphatic heterocycles. The van der Waals surface area contributed by atoms with Crippen LogP contribution in [0.3, 0.4) is 0 Å². The van der Waals surface area contributed by atoms with Crippen LogP contribution in [0.5, 0.6) is 0 Å². The molecule has 0 atom stereocenters. The minimum absolute atomic E-state index is 0.0839. The highest BCUT2D eigenvalue weighted by atomic mass is 16.6. The van der Waals surface area contributed by atoms with E-state index < -0.39 is 4.92 Å². The fourth-order valence-electron chi connectivity index (χ4n) is 1.88. The molecule has 0 aliphatic carbocycles. The summed E-state index contributed by atoms with van der Waals surface area (Å²) >= 11 is 0. The van der Waals surface area contributed by atoms with E-state index in [1.54, 1.807) is 6.07 Å². The number of hydrogen-bond donors (Lipinski definition) is 1. The fourth-order valence-corrected chi connectivity index (χ4v) is 1.88. The third-order valence-corrected chi connectivity index (χ3v) is 2.75. The van der Waals surface area contributed by atoms with Gasteiger partial charge in [0.25, 0.3) is 11.2 Å². The average Bonchev–Trinajstić information content (AvgIpc) is 2.40. The number of nitrogens with zero attached hydrogens (tertiary/aromatic N) is 4. The molecular weight excluding hydrogens is 274 g/mol. The summed E-state index contributed by atoms with van der Waals surface area (Å²) in [4.78, 5) is 30.5. The van der Waals surface area contributed by atoms with E-state index in [1.165, 1.54) is 22.9 Å². The summed E-state index contributed by atoms with van der Waals surface area (Å²) in [7, 11) is 0. The van der Waals surface area contributed by atoms with Gasteiger partial charge in [-0.1, -0.05) is 0 Å². The molecule has 0 spiro atoms. The summed E-state index contributed by atoms with van der Waals surface area (Å²) in [6, 6.07) is 4.14. The van der Waals surface area contributed by atoms with E-state index in [0.29, 0.717) is 18.2 Å². The molecule has 0 radical (unpaired) electrons. The zero-order chi connectivity index (χ0) is 15.4. The Bertz CT molecular complexity index is 726. The number of aromatic nitrogens is 3. The quantitative estimate of drug-likeness (QED) is 0.658. The topological polar surface area (TPSA) is 103 Å². The highest BCUT2D eigenvalue weighted by molar-refractivity contribution is 5.35. The molecule has 8 nitrogen and oxygen atoms in total. The first-order valence-corrected chi connectivity index (χ1v) is 6.43. The van der Waals surface area contributed by atoms with E-state index in [9.17, 15) is 14.9 Å². The Hall–Kier alpha value is -2.77. The van der Waals surface area contributed by atoms with Crippen LogP contribution >= 0.6 is 0 Å². The van der Waals surface area contributed by atoms with Crippen molar-refractivity contribution in [3.8, 4) is 0 Å². The molecule has 0 fully saturated rings. The summed E-state index contributed by atoms with van der Waals surface area (Å²) < 4.78 is 1.22.